The first-order valence-corrected chi connectivity index (χ1v) is 6.92. The summed E-state index contributed by atoms with van der Waals surface area (Å²) < 4.78 is 15.8. The van der Waals surface area contributed by atoms with E-state index in [-0.39, 0.29) is 11.9 Å². The van der Waals surface area contributed by atoms with Crippen molar-refractivity contribution >= 4 is 5.91 Å². The number of ether oxygens (including phenoxy) is 3. The number of carbonyl (C=O) groups excluding carboxylic acids is 1. The fourth-order valence-electron chi connectivity index (χ4n) is 2.14. The van der Waals surface area contributed by atoms with Gasteiger partial charge in [-0.2, -0.15) is 0 Å². The Bertz CT molecular complexity index is 477. The number of amides is 1. The number of carbonyl (C=O) groups is 1. The largest absolute Gasteiger partial charge is 0.493 e. The van der Waals surface area contributed by atoms with Crippen molar-refractivity contribution in [3.05, 3.63) is 17.7 Å². The molecule has 0 bridgehead atoms. The number of methoxy groups -OCH3 is 3. The second-order valence-corrected chi connectivity index (χ2v) is 4.58. The van der Waals surface area contributed by atoms with Crippen LogP contribution in [0.15, 0.2) is 12.1 Å². The lowest BCUT2D eigenvalue weighted by Crippen LogP contribution is -2.40. The van der Waals surface area contributed by atoms with Crippen LogP contribution < -0.4 is 25.3 Å². The Morgan fingerprint density at radius 2 is 1.86 bits per heavy atom. The van der Waals surface area contributed by atoms with Gasteiger partial charge in [-0.3, -0.25) is 4.79 Å². The molecule has 0 spiro atoms. The van der Waals surface area contributed by atoms with Crippen LogP contribution >= 0.6 is 0 Å². The molecule has 0 heterocycles. The molecule has 3 N–H and O–H groups in total. The number of nitrogens with two attached hydrogens (primary N) is 1. The van der Waals surface area contributed by atoms with E-state index in [9.17, 15) is 4.79 Å². The molecule has 1 amide bonds. The zero-order valence-corrected chi connectivity index (χ0v) is 13.1. The average Bonchev–Trinajstić information content (AvgIpc) is 2.52. The van der Waals surface area contributed by atoms with Gasteiger partial charge in [0.25, 0.3) is 5.91 Å². The molecule has 0 fully saturated rings. The van der Waals surface area contributed by atoms with Gasteiger partial charge in [0.1, 0.15) is 0 Å². The first-order valence-electron chi connectivity index (χ1n) is 6.92. The maximum Gasteiger partial charge on any atom is 0.255 e. The first-order chi connectivity index (χ1) is 10.1. The summed E-state index contributed by atoms with van der Waals surface area (Å²) >= 11 is 0. The number of nitrogens with one attached hydrogen (secondary N) is 1. The molecule has 1 rings (SSSR count). The predicted molar refractivity (Wildman–Crippen MR) is 81.3 cm³/mol. The Morgan fingerprint density at radius 1 is 1.19 bits per heavy atom. The number of hydrogen-bond acceptors (Lipinski definition) is 5. The third-order valence-electron chi connectivity index (χ3n) is 3.21. The molecular formula is C15H24N2O4. The highest BCUT2D eigenvalue weighted by atomic mass is 16.5. The summed E-state index contributed by atoms with van der Waals surface area (Å²) in [5.41, 5.74) is 6.06. The summed E-state index contributed by atoms with van der Waals surface area (Å²) in [6, 6.07) is 3.27. The third-order valence-corrected chi connectivity index (χ3v) is 3.21. The quantitative estimate of drug-likeness (QED) is 0.761. The van der Waals surface area contributed by atoms with E-state index < -0.39 is 0 Å². The molecule has 0 aromatic heterocycles. The topological polar surface area (TPSA) is 82.8 Å². The van der Waals surface area contributed by atoms with Crippen molar-refractivity contribution in [1.29, 1.82) is 0 Å². The van der Waals surface area contributed by atoms with Gasteiger partial charge in [-0.05, 0) is 18.6 Å². The van der Waals surface area contributed by atoms with E-state index >= 15 is 0 Å². The number of hydrogen-bond donors (Lipinski definition) is 2. The highest BCUT2D eigenvalue weighted by Crippen LogP contribution is 2.39. The molecule has 6 heteroatoms. The lowest BCUT2D eigenvalue weighted by Gasteiger charge is -2.19. The van der Waals surface area contributed by atoms with E-state index in [0.29, 0.717) is 29.4 Å². The molecule has 0 saturated heterocycles. The van der Waals surface area contributed by atoms with Crippen LogP contribution in [-0.4, -0.2) is 39.8 Å². The van der Waals surface area contributed by atoms with Gasteiger partial charge in [0.15, 0.2) is 11.5 Å². The van der Waals surface area contributed by atoms with E-state index in [1.807, 2.05) is 6.92 Å². The Kier molecular flexibility index (Phi) is 6.81. The molecule has 21 heavy (non-hydrogen) atoms. The van der Waals surface area contributed by atoms with Crippen LogP contribution in [0.4, 0.5) is 0 Å². The molecular weight excluding hydrogens is 272 g/mol. The Morgan fingerprint density at radius 3 is 2.33 bits per heavy atom. The summed E-state index contributed by atoms with van der Waals surface area (Å²) in [5, 5.41) is 2.91. The molecule has 1 unspecified atom stereocenters. The third kappa shape index (κ3) is 4.01. The molecule has 0 saturated carbocycles. The molecule has 0 aliphatic heterocycles. The molecule has 118 valence electrons. The van der Waals surface area contributed by atoms with Gasteiger partial charge < -0.3 is 25.3 Å². The molecule has 1 aromatic rings. The van der Waals surface area contributed by atoms with Crippen LogP contribution in [0.1, 0.15) is 30.1 Å². The summed E-state index contributed by atoms with van der Waals surface area (Å²) in [4.78, 5) is 12.4. The monoisotopic (exact) mass is 296 g/mol. The lowest BCUT2D eigenvalue weighted by atomic mass is 10.1. The first kappa shape index (κ1) is 17.1. The Balaban J connectivity index is 3.09. The van der Waals surface area contributed by atoms with Crippen LogP contribution in [-0.2, 0) is 0 Å². The standard InChI is InChI=1S/C15H24N2O4/c1-5-6-10(9-16)17-15(18)11-7-8-12(19-2)14(21-4)13(11)20-3/h7-8,10H,5-6,9,16H2,1-4H3,(H,17,18). The van der Waals surface area contributed by atoms with Crippen LogP contribution in [0.2, 0.25) is 0 Å². The number of rotatable bonds is 8. The van der Waals surface area contributed by atoms with Gasteiger partial charge in [0.2, 0.25) is 5.75 Å². The molecule has 0 aliphatic rings. The smallest absolute Gasteiger partial charge is 0.255 e. The molecule has 1 atom stereocenters. The second-order valence-electron chi connectivity index (χ2n) is 4.58. The van der Waals surface area contributed by atoms with Crippen molar-refractivity contribution in [2.45, 2.75) is 25.8 Å². The predicted octanol–water partition coefficient (Wildman–Crippen LogP) is 1.57. The molecule has 0 radical (unpaired) electrons. The number of benzene rings is 1. The molecule has 6 nitrogen and oxygen atoms in total. The minimum Gasteiger partial charge on any atom is -0.493 e. The van der Waals surface area contributed by atoms with Gasteiger partial charge in [0, 0.05) is 12.6 Å². The average molecular weight is 296 g/mol. The summed E-state index contributed by atoms with van der Waals surface area (Å²) in [6.45, 7) is 2.45. The highest BCUT2D eigenvalue weighted by Gasteiger charge is 2.21. The summed E-state index contributed by atoms with van der Waals surface area (Å²) in [7, 11) is 4.52. The van der Waals surface area contributed by atoms with Gasteiger partial charge in [0.05, 0.1) is 26.9 Å². The fourth-order valence-corrected chi connectivity index (χ4v) is 2.14. The normalized spacial score (nSPS) is 11.7. The highest BCUT2D eigenvalue weighted by molar-refractivity contribution is 5.98. The van der Waals surface area contributed by atoms with Crippen LogP contribution in [0, 0.1) is 0 Å². The van der Waals surface area contributed by atoms with Crippen molar-refractivity contribution in [3.8, 4) is 17.2 Å². The minimum atomic E-state index is -0.239. The fraction of sp³-hybridized carbons (Fsp3) is 0.533. The van der Waals surface area contributed by atoms with Gasteiger partial charge in [-0.1, -0.05) is 13.3 Å². The van der Waals surface area contributed by atoms with Gasteiger partial charge in [-0.15, -0.1) is 0 Å². The lowest BCUT2D eigenvalue weighted by molar-refractivity contribution is 0.0932. The summed E-state index contributed by atoms with van der Waals surface area (Å²) in [5.74, 6) is 1.01. The van der Waals surface area contributed by atoms with E-state index in [2.05, 4.69) is 5.32 Å². The van der Waals surface area contributed by atoms with Crippen molar-refractivity contribution in [2.24, 2.45) is 5.73 Å². The van der Waals surface area contributed by atoms with Gasteiger partial charge in [-0.25, -0.2) is 0 Å². The van der Waals surface area contributed by atoms with Crippen LogP contribution in [0.25, 0.3) is 0 Å². The van der Waals surface area contributed by atoms with Crippen molar-refractivity contribution in [2.75, 3.05) is 27.9 Å². The second kappa shape index (κ2) is 8.36. The zero-order chi connectivity index (χ0) is 15.8. The minimum absolute atomic E-state index is 0.0553. The summed E-state index contributed by atoms with van der Waals surface area (Å²) in [6.07, 6.45) is 1.78. The van der Waals surface area contributed by atoms with E-state index in [0.717, 1.165) is 12.8 Å². The maximum absolute atomic E-state index is 12.4. The Labute approximate surface area is 125 Å². The van der Waals surface area contributed by atoms with E-state index in [1.165, 1.54) is 21.3 Å². The van der Waals surface area contributed by atoms with E-state index in [1.54, 1.807) is 12.1 Å². The van der Waals surface area contributed by atoms with Crippen LogP contribution in [0.3, 0.4) is 0 Å². The van der Waals surface area contributed by atoms with Crippen molar-refractivity contribution in [1.82, 2.24) is 5.32 Å². The zero-order valence-electron chi connectivity index (χ0n) is 13.1. The maximum atomic E-state index is 12.4. The SMILES string of the molecule is CCCC(CN)NC(=O)c1ccc(OC)c(OC)c1OC. The van der Waals surface area contributed by atoms with Crippen LogP contribution in [0.5, 0.6) is 17.2 Å². The Hall–Kier alpha value is -1.95. The van der Waals surface area contributed by atoms with Crippen molar-refractivity contribution < 1.29 is 19.0 Å². The molecule has 0 aliphatic carbocycles. The van der Waals surface area contributed by atoms with Gasteiger partial charge >= 0.3 is 0 Å². The van der Waals surface area contributed by atoms with E-state index in [4.69, 9.17) is 19.9 Å². The van der Waals surface area contributed by atoms with Crippen molar-refractivity contribution in [3.63, 3.8) is 0 Å². The molecule has 1 aromatic carbocycles.